The van der Waals surface area contributed by atoms with Gasteiger partial charge in [0.15, 0.2) is 0 Å². The van der Waals surface area contributed by atoms with E-state index in [2.05, 4.69) is 26.4 Å². The summed E-state index contributed by atoms with van der Waals surface area (Å²) in [5.74, 6) is -0.577. The molecule has 0 spiro atoms. The molecule has 4 N–H and O–H groups in total. The van der Waals surface area contributed by atoms with Crippen molar-refractivity contribution in [2.24, 2.45) is 5.92 Å². The van der Waals surface area contributed by atoms with Crippen molar-refractivity contribution < 1.29 is 24.2 Å². The minimum Gasteiger partial charge on any atom is -0.444 e. The van der Waals surface area contributed by atoms with Gasteiger partial charge in [0, 0.05) is 24.7 Å². The number of aromatic nitrogens is 2. The second-order valence-electron chi connectivity index (χ2n) is 13.5. The third-order valence-corrected chi connectivity index (χ3v) is 10.5. The molecule has 0 saturated carbocycles. The number of allylic oxidation sites excluding steroid dienone is 2. The molecule has 2 aromatic heterocycles. The van der Waals surface area contributed by atoms with Crippen LogP contribution in [0.3, 0.4) is 0 Å². The minimum atomic E-state index is -1.05. The van der Waals surface area contributed by atoms with Crippen molar-refractivity contribution >= 4 is 46.5 Å². The Bertz CT molecular complexity index is 1750. The van der Waals surface area contributed by atoms with E-state index in [1.54, 1.807) is 19.3 Å². The largest absolute Gasteiger partial charge is 0.444 e. The van der Waals surface area contributed by atoms with E-state index in [9.17, 15) is 19.5 Å². The second-order valence-corrected chi connectivity index (χ2v) is 15.3. The summed E-state index contributed by atoms with van der Waals surface area (Å²) in [6, 6.07) is 18.6. The summed E-state index contributed by atoms with van der Waals surface area (Å²) < 4.78 is 9.47. The van der Waals surface area contributed by atoms with Gasteiger partial charge in [-0.3, -0.25) is 4.79 Å². The Morgan fingerprint density at radius 1 is 0.962 bits per heavy atom. The zero-order valence-electron chi connectivity index (χ0n) is 29.9. The number of benzene rings is 2. The second kappa shape index (κ2) is 19.3. The van der Waals surface area contributed by atoms with Gasteiger partial charge in [0.1, 0.15) is 17.7 Å². The van der Waals surface area contributed by atoms with E-state index >= 15 is 0 Å². The molecule has 11 nitrogen and oxygen atoms in total. The number of carbonyl (C=O) groups is 3. The van der Waals surface area contributed by atoms with E-state index in [1.807, 2.05) is 79.9 Å². The van der Waals surface area contributed by atoms with Gasteiger partial charge in [0.2, 0.25) is 5.91 Å². The number of hydrogen-bond acceptors (Lipinski definition) is 9. The highest BCUT2D eigenvalue weighted by atomic mass is 32.1. The van der Waals surface area contributed by atoms with Crippen molar-refractivity contribution in [1.82, 2.24) is 30.2 Å². The molecule has 2 aromatic carbocycles. The molecular formula is C39H48N6O5S2. The molecule has 0 fully saturated rings. The highest BCUT2D eigenvalue weighted by molar-refractivity contribution is 7.09. The van der Waals surface area contributed by atoms with Crippen LogP contribution in [0.2, 0.25) is 0 Å². The molecule has 2 heterocycles. The van der Waals surface area contributed by atoms with Crippen molar-refractivity contribution in [3.05, 3.63) is 111 Å². The van der Waals surface area contributed by atoms with Crippen LogP contribution in [0.25, 0.3) is 5.57 Å². The SMILES string of the molecule is CC(C)[C@H](NC(=O)N(C)Cc1nc(C2=CCCC2)cs1)C(=O)N[C@@H](Cc1ccccc1)C[C@H](O)[C@H](Cc1ccccc1)NC(=O)OCc1ccns1. The van der Waals surface area contributed by atoms with Crippen molar-refractivity contribution in [3.63, 3.8) is 0 Å². The van der Waals surface area contributed by atoms with Gasteiger partial charge >= 0.3 is 12.1 Å². The molecule has 1 aliphatic carbocycles. The molecule has 0 bridgehead atoms. The molecule has 5 rings (SSSR count). The molecule has 0 saturated heterocycles. The van der Waals surface area contributed by atoms with Crippen LogP contribution in [0.1, 0.15) is 66.2 Å². The van der Waals surface area contributed by atoms with Crippen LogP contribution in [-0.4, -0.2) is 68.7 Å². The molecular weight excluding hydrogens is 697 g/mol. The molecule has 0 aliphatic heterocycles. The van der Waals surface area contributed by atoms with E-state index in [0.29, 0.717) is 19.4 Å². The third-order valence-electron chi connectivity index (χ3n) is 8.97. The maximum atomic E-state index is 13.9. The van der Waals surface area contributed by atoms with E-state index in [1.165, 1.54) is 33.3 Å². The minimum absolute atomic E-state index is 0.0675. The molecule has 4 amide bonds. The highest BCUT2D eigenvalue weighted by Crippen LogP contribution is 2.28. The average molecular weight is 745 g/mol. The maximum Gasteiger partial charge on any atom is 0.407 e. The fraction of sp³-hybridized carbons (Fsp3) is 0.410. The Labute approximate surface area is 313 Å². The number of hydrogen-bond donors (Lipinski definition) is 4. The fourth-order valence-electron chi connectivity index (χ4n) is 6.12. The Morgan fingerprint density at radius 3 is 2.31 bits per heavy atom. The Hall–Kier alpha value is -4.59. The molecule has 13 heteroatoms. The number of ether oxygens (including phenoxy) is 1. The van der Waals surface area contributed by atoms with E-state index in [-0.39, 0.29) is 30.9 Å². The zero-order valence-corrected chi connectivity index (χ0v) is 31.5. The third kappa shape index (κ3) is 11.7. The molecule has 276 valence electrons. The summed E-state index contributed by atoms with van der Waals surface area (Å²) in [6.45, 7) is 4.15. The summed E-state index contributed by atoms with van der Waals surface area (Å²) in [4.78, 5) is 47.3. The topological polar surface area (TPSA) is 146 Å². The lowest BCUT2D eigenvalue weighted by Gasteiger charge is -2.30. The van der Waals surface area contributed by atoms with Crippen LogP contribution >= 0.6 is 22.9 Å². The van der Waals surface area contributed by atoms with Gasteiger partial charge in [-0.15, -0.1) is 11.3 Å². The van der Waals surface area contributed by atoms with Crippen LogP contribution < -0.4 is 16.0 Å². The zero-order chi connectivity index (χ0) is 36.9. The van der Waals surface area contributed by atoms with Crippen LogP contribution in [0.15, 0.2) is 84.4 Å². The Balaban J connectivity index is 1.26. The van der Waals surface area contributed by atoms with Crippen LogP contribution in [-0.2, 0) is 35.5 Å². The lowest BCUT2D eigenvalue weighted by atomic mass is 9.93. The molecule has 0 radical (unpaired) electrons. The molecule has 1 aliphatic rings. The lowest BCUT2D eigenvalue weighted by Crippen LogP contribution is -2.55. The normalized spacial score (nSPS) is 14.9. The van der Waals surface area contributed by atoms with Gasteiger partial charge < -0.3 is 30.7 Å². The molecule has 52 heavy (non-hydrogen) atoms. The summed E-state index contributed by atoms with van der Waals surface area (Å²) in [5.41, 5.74) is 4.13. The average Bonchev–Trinajstić information content (AvgIpc) is 3.94. The van der Waals surface area contributed by atoms with Gasteiger partial charge in [-0.05, 0) is 78.7 Å². The van der Waals surface area contributed by atoms with Crippen molar-refractivity contribution in [2.75, 3.05) is 7.05 Å². The quantitative estimate of drug-likeness (QED) is 0.0987. The van der Waals surface area contributed by atoms with Crippen LogP contribution in [0.4, 0.5) is 9.59 Å². The Morgan fingerprint density at radius 2 is 1.67 bits per heavy atom. The first kappa shape index (κ1) is 38.6. The smallest absolute Gasteiger partial charge is 0.407 e. The van der Waals surface area contributed by atoms with Crippen molar-refractivity contribution in [2.45, 2.75) is 89.8 Å². The number of nitrogens with zero attached hydrogens (tertiary/aromatic N) is 3. The predicted octanol–water partition coefficient (Wildman–Crippen LogP) is 6.35. The van der Waals surface area contributed by atoms with Gasteiger partial charge in [0.05, 0.1) is 29.3 Å². The van der Waals surface area contributed by atoms with E-state index < -0.39 is 30.3 Å². The van der Waals surface area contributed by atoms with Gasteiger partial charge in [-0.2, -0.15) is 0 Å². The number of rotatable bonds is 17. The summed E-state index contributed by atoms with van der Waals surface area (Å²) in [7, 11) is 1.69. The van der Waals surface area contributed by atoms with Gasteiger partial charge in [-0.1, -0.05) is 80.6 Å². The number of nitrogens with one attached hydrogen (secondary N) is 3. The van der Waals surface area contributed by atoms with Crippen LogP contribution in [0.5, 0.6) is 0 Å². The number of carbonyl (C=O) groups excluding carboxylic acids is 3. The first-order valence-corrected chi connectivity index (χ1v) is 19.3. The number of thiazole rings is 1. The molecule has 0 unspecified atom stereocenters. The monoisotopic (exact) mass is 744 g/mol. The van der Waals surface area contributed by atoms with E-state index in [0.717, 1.165) is 46.0 Å². The predicted molar refractivity (Wildman–Crippen MR) is 205 cm³/mol. The fourth-order valence-corrected chi connectivity index (χ4v) is 7.49. The number of alkyl carbamates (subject to hydrolysis) is 1. The van der Waals surface area contributed by atoms with E-state index in [4.69, 9.17) is 9.72 Å². The number of amides is 4. The Kier molecular flexibility index (Phi) is 14.3. The maximum absolute atomic E-state index is 13.9. The molecule has 4 atom stereocenters. The van der Waals surface area contributed by atoms with Gasteiger partial charge in [0.25, 0.3) is 0 Å². The number of aliphatic hydroxyl groups is 1. The van der Waals surface area contributed by atoms with Crippen molar-refractivity contribution in [1.29, 1.82) is 0 Å². The number of urea groups is 1. The first-order valence-electron chi connectivity index (χ1n) is 17.7. The summed E-state index contributed by atoms with van der Waals surface area (Å²) in [6.07, 6.45) is 6.31. The number of aliphatic hydroxyl groups excluding tert-OH is 1. The first-order chi connectivity index (χ1) is 25.1. The summed E-state index contributed by atoms with van der Waals surface area (Å²) >= 11 is 2.77. The lowest BCUT2D eigenvalue weighted by molar-refractivity contribution is -0.124. The van der Waals surface area contributed by atoms with Gasteiger partial charge in [-0.25, -0.2) is 18.9 Å². The standard InChI is InChI=1S/C39H48N6O5S2/c1-26(2)36(44-38(48)45(3)23-35-42-33(25-51-35)29-16-10-11-17-29)37(47)41-30(20-27-12-6-4-7-13-27)22-34(46)32(21-28-14-8-5-9-15-28)43-39(49)50-24-31-18-19-40-52-31/h4-9,12-16,18-19,25-26,30,32,34,36,46H,10-11,17,20-24H2,1-3H3,(H,41,47)(H,43,49)(H,44,48)/t30-,32-,34-,36-/m0/s1. The van der Waals surface area contributed by atoms with Crippen molar-refractivity contribution in [3.8, 4) is 0 Å². The van der Waals surface area contributed by atoms with Crippen LogP contribution in [0, 0.1) is 5.92 Å². The highest BCUT2D eigenvalue weighted by Gasteiger charge is 2.31. The molecule has 4 aromatic rings. The summed E-state index contributed by atoms with van der Waals surface area (Å²) in [5, 5.41) is 23.5.